The molecule has 1 heterocycles. The summed E-state index contributed by atoms with van der Waals surface area (Å²) in [5.74, 6) is -0.0538. The highest BCUT2D eigenvalue weighted by molar-refractivity contribution is 5.85. The Morgan fingerprint density at radius 3 is 2.61 bits per heavy atom. The number of aliphatic carboxylic acids is 1. The molecule has 2 atom stereocenters. The van der Waals surface area contributed by atoms with E-state index in [1.54, 1.807) is 20.3 Å². The Kier molecular flexibility index (Phi) is 5.47. The highest BCUT2D eigenvalue weighted by Crippen LogP contribution is 2.29. The molecule has 0 radical (unpaired) electrons. The number of amides is 1. The zero-order valence-corrected chi connectivity index (χ0v) is 13.7. The summed E-state index contributed by atoms with van der Waals surface area (Å²) in [6.45, 7) is 2.35. The summed E-state index contributed by atoms with van der Waals surface area (Å²) in [5.41, 5.74) is 0.953. The lowest BCUT2D eigenvalue weighted by molar-refractivity contribution is -0.149. The van der Waals surface area contributed by atoms with E-state index in [0.717, 1.165) is 12.0 Å². The largest absolute Gasteiger partial charge is 0.493 e. The van der Waals surface area contributed by atoms with Gasteiger partial charge in [0, 0.05) is 12.5 Å². The van der Waals surface area contributed by atoms with E-state index in [4.69, 9.17) is 9.47 Å². The van der Waals surface area contributed by atoms with Crippen LogP contribution in [0.5, 0.6) is 11.5 Å². The maximum Gasteiger partial charge on any atom is 0.326 e. The summed E-state index contributed by atoms with van der Waals surface area (Å²) < 4.78 is 10.5. The fourth-order valence-corrected chi connectivity index (χ4v) is 3.02. The second-order valence-electron chi connectivity index (χ2n) is 5.82. The lowest BCUT2D eigenvalue weighted by Gasteiger charge is -2.25. The first-order valence-corrected chi connectivity index (χ1v) is 7.72. The van der Waals surface area contributed by atoms with Crippen LogP contribution in [0.4, 0.5) is 0 Å². The summed E-state index contributed by atoms with van der Waals surface area (Å²) in [7, 11) is 3.14. The van der Waals surface area contributed by atoms with Crippen molar-refractivity contribution >= 4 is 11.9 Å². The lowest BCUT2D eigenvalue weighted by Crippen LogP contribution is -2.43. The van der Waals surface area contributed by atoms with Gasteiger partial charge < -0.3 is 19.5 Å². The highest BCUT2D eigenvalue weighted by Gasteiger charge is 2.35. The zero-order valence-electron chi connectivity index (χ0n) is 13.7. The molecule has 1 amide bonds. The number of carbonyl (C=O) groups excluding carboxylic acids is 1. The molecule has 2 unspecified atom stereocenters. The minimum absolute atomic E-state index is 0.107. The molecule has 0 spiro atoms. The van der Waals surface area contributed by atoms with Crippen LogP contribution in [0, 0.1) is 5.92 Å². The number of rotatable bonds is 6. The molecule has 0 saturated carbocycles. The number of hydrogen-bond acceptors (Lipinski definition) is 4. The predicted octanol–water partition coefficient (Wildman–Crippen LogP) is 1.96. The Morgan fingerprint density at radius 2 is 2.00 bits per heavy atom. The molecular weight excluding hydrogens is 298 g/mol. The molecule has 1 aromatic carbocycles. The van der Waals surface area contributed by atoms with Crippen LogP contribution in [-0.2, 0) is 16.0 Å². The minimum atomic E-state index is -0.922. The quantitative estimate of drug-likeness (QED) is 0.867. The molecule has 0 aliphatic carbocycles. The average Bonchev–Trinajstić information content (AvgIpc) is 3.03. The van der Waals surface area contributed by atoms with Crippen LogP contribution in [-0.4, -0.2) is 48.7 Å². The number of carboxylic acids is 1. The van der Waals surface area contributed by atoms with Crippen molar-refractivity contribution in [2.24, 2.45) is 5.92 Å². The van der Waals surface area contributed by atoms with Gasteiger partial charge in [0.05, 0.1) is 14.2 Å². The first kappa shape index (κ1) is 17.1. The standard InChI is InChI=1S/C17H23NO5/c1-11(16(19)18-8-4-5-13(18)17(20)21)9-12-6-7-14(22-2)15(10-12)23-3/h6-7,10-11,13H,4-5,8-9H2,1-3H3,(H,20,21). The van der Waals surface area contributed by atoms with Crippen LogP contribution in [0.1, 0.15) is 25.3 Å². The molecule has 1 aliphatic rings. The second-order valence-corrected chi connectivity index (χ2v) is 5.82. The minimum Gasteiger partial charge on any atom is -0.493 e. The van der Waals surface area contributed by atoms with Gasteiger partial charge in [0.15, 0.2) is 11.5 Å². The van der Waals surface area contributed by atoms with Crippen molar-refractivity contribution < 1.29 is 24.2 Å². The number of nitrogens with zero attached hydrogens (tertiary/aromatic N) is 1. The van der Waals surface area contributed by atoms with Crippen LogP contribution in [0.15, 0.2) is 18.2 Å². The molecule has 1 aliphatic heterocycles. The third-order valence-corrected chi connectivity index (χ3v) is 4.23. The Morgan fingerprint density at radius 1 is 1.30 bits per heavy atom. The first-order chi connectivity index (χ1) is 11.0. The maximum atomic E-state index is 12.5. The summed E-state index contributed by atoms with van der Waals surface area (Å²) in [4.78, 5) is 25.3. The molecule has 1 aromatic rings. The smallest absolute Gasteiger partial charge is 0.326 e. The topological polar surface area (TPSA) is 76.1 Å². The SMILES string of the molecule is COc1ccc(CC(C)C(=O)N2CCCC2C(=O)O)cc1OC. The number of benzene rings is 1. The second kappa shape index (κ2) is 7.35. The Bertz CT molecular complexity index is 586. The predicted molar refractivity (Wildman–Crippen MR) is 84.8 cm³/mol. The Labute approximate surface area is 136 Å². The van der Waals surface area contributed by atoms with E-state index in [2.05, 4.69) is 0 Å². The molecule has 2 rings (SSSR count). The van der Waals surface area contributed by atoms with Crippen molar-refractivity contribution in [1.82, 2.24) is 4.90 Å². The van der Waals surface area contributed by atoms with Gasteiger partial charge in [-0.25, -0.2) is 4.79 Å². The number of carboxylic acid groups (broad SMARTS) is 1. The number of methoxy groups -OCH3 is 2. The van der Waals surface area contributed by atoms with Gasteiger partial charge in [-0.2, -0.15) is 0 Å². The number of ether oxygens (including phenoxy) is 2. The van der Waals surface area contributed by atoms with Crippen molar-refractivity contribution in [2.75, 3.05) is 20.8 Å². The summed E-state index contributed by atoms with van der Waals surface area (Å²) in [6.07, 6.45) is 1.80. The molecule has 1 fully saturated rings. The Hall–Kier alpha value is -2.24. The van der Waals surface area contributed by atoms with E-state index in [1.165, 1.54) is 4.90 Å². The highest BCUT2D eigenvalue weighted by atomic mass is 16.5. The average molecular weight is 321 g/mol. The van der Waals surface area contributed by atoms with Crippen molar-refractivity contribution in [3.8, 4) is 11.5 Å². The molecule has 126 valence electrons. The molecule has 0 bridgehead atoms. The number of likely N-dealkylation sites (tertiary alicyclic amines) is 1. The molecule has 6 heteroatoms. The molecule has 1 saturated heterocycles. The van der Waals surface area contributed by atoms with Crippen LogP contribution in [0.25, 0.3) is 0 Å². The van der Waals surface area contributed by atoms with Gasteiger partial charge in [-0.15, -0.1) is 0 Å². The van der Waals surface area contributed by atoms with Gasteiger partial charge in [0.1, 0.15) is 6.04 Å². The van der Waals surface area contributed by atoms with Gasteiger partial charge in [0.2, 0.25) is 5.91 Å². The van der Waals surface area contributed by atoms with Gasteiger partial charge >= 0.3 is 5.97 Å². The summed E-state index contributed by atoms with van der Waals surface area (Å²) >= 11 is 0. The van der Waals surface area contributed by atoms with Crippen LogP contribution in [0.3, 0.4) is 0 Å². The molecular formula is C17H23NO5. The van der Waals surface area contributed by atoms with E-state index < -0.39 is 12.0 Å². The maximum absolute atomic E-state index is 12.5. The Balaban J connectivity index is 2.08. The first-order valence-electron chi connectivity index (χ1n) is 7.72. The van der Waals surface area contributed by atoms with E-state index in [9.17, 15) is 14.7 Å². The third-order valence-electron chi connectivity index (χ3n) is 4.23. The van der Waals surface area contributed by atoms with E-state index in [1.807, 2.05) is 19.1 Å². The number of hydrogen-bond donors (Lipinski definition) is 1. The van der Waals surface area contributed by atoms with Gasteiger partial charge in [0.25, 0.3) is 0 Å². The van der Waals surface area contributed by atoms with E-state index in [-0.39, 0.29) is 11.8 Å². The van der Waals surface area contributed by atoms with Gasteiger partial charge in [-0.3, -0.25) is 4.79 Å². The fraction of sp³-hybridized carbons (Fsp3) is 0.529. The summed E-state index contributed by atoms with van der Waals surface area (Å²) in [5, 5.41) is 9.21. The van der Waals surface area contributed by atoms with Crippen LogP contribution >= 0.6 is 0 Å². The normalized spacial score (nSPS) is 18.6. The molecule has 0 aromatic heterocycles. The third kappa shape index (κ3) is 3.75. The van der Waals surface area contributed by atoms with Crippen molar-refractivity contribution in [3.05, 3.63) is 23.8 Å². The van der Waals surface area contributed by atoms with E-state index in [0.29, 0.717) is 30.9 Å². The van der Waals surface area contributed by atoms with Gasteiger partial charge in [-0.1, -0.05) is 13.0 Å². The number of carbonyl (C=O) groups is 2. The zero-order chi connectivity index (χ0) is 17.0. The molecule has 23 heavy (non-hydrogen) atoms. The fourth-order valence-electron chi connectivity index (χ4n) is 3.02. The van der Waals surface area contributed by atoms with Crippen molar-refractivity contribution in [1.29, 1.82) is 0 Å². The van der Waals surface area contributed by atoms with Gasteiger partial charge in [-0.05, 0) is 37.0 Å². The van der Waals surface area contributed by atoms with Crippen molar-refractivity contribution in [2.45, 2.75) is 32.2 Å². The lowest BCUT2D eigenvalue weighted by atomic mass is 9.99. The van der Waals surface area contributed by atoms with E-state index >= 15 is 0 Å². The summed E-state index contributed by atoms with van der Waals surface area (Å²) in [6, 6.07) is 4.86. The molecule has 6 nitrogen and oxygen atoms in total. The van der Waals surface area contributed by atoms with Crippen LogP contribution < -0.4 is 9.47 Å². The van der Waals surface area contributed by atoms with Crippen molar-refractivity contribution in [3.63, 3.8) is 0 Å². The molecule has 1 N–H and O–H groups in total. The van der Waals surface area contributed by atoms with Crippen LogP contribution in [0.2, 0.25) is 0 Å². The monoisotopic (exact) mass is 321 g/mol.